The monoisotopic (exact) mass is 346 g/mol. The lowest BCUT2D eigenvalue weighted by Crippen LogP contribution is -2.33. The van der Waals surface area contributed by atoms with Gasteiger partial charge in [0.1, 0.15) is 0 Å². The normalized spacial score (nSPS) is 30.3. The number of carboxylic acid groups (broad SMARTS) is 1. The fourth-order valence-corrected chi connectivity index (χ4v) is 5.18. The number of carbonyl (C=O) groups is 1. The lowest BCUT2D eigenvalue weighted by Gasteiger charge is -2.26. The quantitative estimate of drug-likeness (QED) is 0.458. The summed E-state index contributed by atoms with van der Waals surface area (Å²) >= 11 is 0. The molecule has 7 heteroatoms. The van der Waals surface area contributed by atoms with Gasteiger partial charge in [-0.15, -0.1) is 0 Å². The Kier molecular flexibility index (Phi) is 6.61. The zero-order chi connectivity index (χ0) is 16.9. The average molecular weight is 346 g/mol. The number of allylic oxidation sites excluding steroid dienone is 2. The Morgan fingerprint density at radius 1 is 1.17 bits per heavy atom. The molecule has 2 rings (SSSR count). The highest BCUT2D eigenvalue weighted by molar-refractivity contribution is 7.91. The van der Waals surface area contributed by atoms with Crippen molar-refractivity contribution >= 4 is 15.8 Å². The Morgan fingerprint density at radius 2 is 1.87 bits per heavy atom. The number of sulfone groups is 1. The fourth-order valence-electron chi connectivity index (χ4n) is 3.69. The maximum Gasteiger partial charge on any atom is 0.303 e. The number of ether oxygens (including phenoxy) is 1. The molecular formula is C16H26O6S. The van der Waals surface area contributed by atoms with E-state index in [1.165, 1.54) is 0 Å². The molecule has 132 valence electrons. The average Bonchev–Trinajstić information content (AvgIpc) is 3.04. The zero-order valence-electron chi connectivity index (χ0n) is 13.3. The first-order valence-electron chi connectivity index (χ1n) is 8.26. The molecule has 0 aromatic heterocycles. The topological polar surface area (TPSA) is 101 Å². The molecule has 0 aromatic rings. The van der Waals surface area contributed by atoms with E-state index >= 15 is 0 Å². The van der Waals surface area contributed by atoms with E-state index in [4.69, 9.17) is 14.9 Å². The standard InChI is InChI=1S/C16H26O6S/c17-9-10-23(20,21)11-13-12(14-7-8-15(13)22-14)5-3-1-2-4-6-16(18)19/h1,3,12-15,17H,2,4-11H2,(H,18,19)/b3-1-/t12-,13+,14-,15+/m1/s1. The van der Waals surface area contributed by atoms with Crippen molar-refractivity contribution in [3.63, 3.8) is 0 Å². The fraction of sp³-hybridized carbons (Fsp3) is 0.812. The Labute approximate surface area is 137 Å². The summed E-state index contributed by atoms with van der Waals surface area (Å²) in [6.45, 7) is -0.335. The van der Waals surface area contributed by atoms with Gasteiger partial charge >= 0.3 is 5.97 Å². The molecule has 2 aliphatic rings. The van der Waals surface area contributed by atoms with E-state index in [1.807, 2.05) is 12.2 Å². The lowest BCUT2D eigenvalue weighted by molar-refractivity contribution is -0.137. The summed E-state index contributed by atoms with van der Waals surface area (Å²) in [5.41, 5.74) is 0. The first kappa shape index (κ1) is 18.4. The molecule has 2 N–H and O–H groups in total. The Balaban J connectivity index is 1.86. The van der Waals surface area contributed by atoms with Crippen molar-refractivity contribution < 1.29 is 28.2 Å². The number of hydrogen-bond donors (Lipinski definition) is 2. The van der Waals surface area contributed by atoms with Crippen molar-refractivity contribution in [3.05, 3.63) is 12.2 Å². The molecule has 2 saturated heterocycles. The van der Waals surface area contributed by atoms with Crippen molar-refractivity contribution in [2.45, 2.75) is 50.7 Å². The lowest BCUT2D eigenvalue weighted by atomic mass is 9.78. The summed E-state index contributed by atoms with van der Waals surface area (Å²) in [6, 6.07) is 0. The molecule has 2 heterocycles. The Hall–Kier alpha value is -0.920. The number of fused-ring (bicyclic) bond motifs is 2. The van der Waals surface area contributed by atoms with E-state index in [-0.39, 0.29) is 48.6 Å². The molecule has 2 bridgehead atoms. The molecule has 0 unspecified atom stereocenters. The third-order valence-electron chi connectivity index (χ3n) is 4.78. The van der Waals surface area contributed by atoms with E-state index < -0.39 is 15.8 Å². The minimum absolute atomic E-state index is 0.00831. The van der Waals surface area contributed by atoms with Crippen LogP contribution in [0.2, 0.25) is 0 Å². The van der Waals surface area contributed by atoms with Gasteiger partial charge in [0.15, 0.2) is 9.84 Å². The third kappa shape index (κ3) is 5.29. The highest BCUT2D eigenvalue weighted by Crippen LogP contribution is 2.45. The molecule has 23 heavy (non-hydrogen) atoms. The maximum atomic E-state index is 12.0. The second-order valence-electron chi connectivity index (χ2n) is 6.45. The molecule has 2 fully saturated rings. The van der Waals surface area contributed by atoms with Crippen LogP contribution in [0.3, 0.4) is 0 Å². The molecule has 0 aliphatic carbocycles. The van der Waals surface area contributed by atoms with Crippen molar-refractivity contribution in [2.75, 3.05) is 18.1 Å². The predicted molar refractivity (Wildman–Crippen MR) is 85.9 cm³/mol. The number of carboxylic acids is 1. The molecular weight excluding hydrogens is 320 g/mol. The highest BCUT2D eigenvalue weighted by Gasteiger charge is 2.49. The molecule has 0 aromatic carbocycles. The highest BCUT2D eigenvalue weighted by atomic mass is 32.2. The van der Waals surface area contributed by atoms with Crippen LogP contribution < -0.4 is 0 Å². The molecule has 0 amide bonds. The Bertz CT molecular complexity index is 527. The first-order chi connectivity index (χ1) is 10.9. The van der Waals surface area contributed by atoms with E-state index in [1.54, 1.807) is 0 Å². The minimum atomic E-state index is -3.24. The van der Waals surface area contributed by atoms with E-state index in [0.29, 0.717) is 6.42 Å². The van der Waals surface area contributed by atoms with Gasteiger partial charge in [-0.3, -0.25) is 4.79 Å². The van der Waals surface area contributed by atoms with Gasteiger partial charge in [-0.05, 0) is 38.0 Å². The predicted octanol–water partition coefficient (Wildman–Crippen LogP) is 1.39. The molecule has 6 nitrogen and oxygen atoms in total. The minimum Gasteiger partial charge on any atom is -0.481 e. The van der Waals surface area contributed by atoms with Crippen LogP contribution in [-0.2, 0) is 19.4 Å². The van der Waals surface area contributed by atoms with Gasteiger partial charge in [0, 0.05) is 12.3 Å². The smallest absolute Gasteiger partial charge is 0.303 e. The largest absolute Gasteiger partial charge is 0.481 e. The third-order valence-corrected chi connectivity index (χ3v) is 6.47. The summed E-state index contributed by atoms with van der Waals surface area (Å²) in [5, 5.41) is 17.5. The molecule has 0 spiro atoms. The van der Waals surface area contributed by atoms with Crippen LogP contribution in [0.1, 0.15) is 38.5 Å². The summed E-state index contributed by atoms with van der Waals surface area (Å²) in [5.74, 6) is -0.661. The SMILES string of the molecule is O=C(O)CCC/C=C\C[C@@H]1[C@H](CS(=O)(=O)CCO)[C@@H]2CC[C@H]1O2. The van der Waals surface area contributed by atoms with Crippen LogP contribution in [-0.4, -0.2) is 54.9 Å². The molecule has 4 atom stereocenters. The van der Waals surface area contributed by atoms with Gasteiger partial charge in [0.25, 0.3) is 0 Å². The van der Waals surface area contributed by atoms with Crippen molar-refractivity contribution in [2.24, 2.45) is 11.8 Å². The second-order valence-corrected chi connectivity index (χ2v) is 8.68. The maximum absolute atomic E-state index is 12.0. The zero-order valence-corrected chi connectivity index (χ0v) is 14.1. The molecule has 0 saturated carbocycles. The van der Waals surface area contributed by atoms with E-state index in [0.717, 1.165) is 25.7 Å². The molecule has 2 aliphatic heterocycles. The van der Waals surface area contributed by atoms with Crippen LogP contribution in [0.5, 0.6) is 0 Å². The van der Waals surface area contributed by atoms with E-state index in [9.17, 15) is 13.2 Å². The van der Waals surface area contributed by atoms with E-state index in [2.05, 4.69) is 0 Å². The number of aliphatic carboxylic acids is 1. The summed E-state index contributed by atoms with van der Waals surface area (Å²) in [7, 11) is -3.24. The van der Waals surface area contributed by atoms with Gasteiger partial charge < -0.3 is 14.9 Å². The van der Waals surface area contributed by atoms with Crippen molar-refractivity contribution in [3.8, 4) is 0 Å². The molecule has 0 radical (unpaired) electrons. The van der Waals surface area contributed by atoms with Gasteiger partial charge in [0.2, 0.25) is 0 Å². The van der Waals surface area contributed by atoms with Crippen molar-refractivity contribution in [1.82, 2.24) is 0 Å². The summed E-state index contributed by atoms with van der Waals surface area (Å²) in [6.07, 6.45) is 8.36. The number of aliphatic hydroxyl groups is 1. The number of unbranched alkanes of at least 4 members (excludes halogenated alkanes) is 1. The Morgan fingerprint density at radius 3 is 2.52 bits per heavy atom. The second kappa shape index (κ2) is 8.26. The van der Waals surface area contributed by atoms with Gasteiger partial charge in [-0.2, -0.15) is 0 Å². The van der Waals surface area contributed by atoms with Gasteiger partial charge in [0.05, 0.1) is 30.3 Å². The number of rotatable bonds is 10. The van der Waals surface area contributed by atoms with Crippen LogP contribution in [0.15, 0.2) is 12.2 Å². The van der Waals surface area contributed by atoms with Gasteiger partial charge in [-0.25, -0.2) is 8.42 Å². The van der Waals surface area contributed by atoms with Crippen LogP contribution in [0, 0.1) is 11.8 Å². The first-order valence-corrected chi connectivity index (χ1v) is 10.1. The summed E-state index contributed by atoms with van der Waals surface area (Å²) in [4.78, 5) is 10.4. The number of aliphatic hydroxyl groups excluding tert-OH is 1. The van der Waals surface area contributed by atoms with Crippen molar-refractivity contribution in [1.29, 1.82) is 0 Å². The summed E-state index contributed by atoms with van der Waals surface area (Å²) < 4.78 is 29.9. The van der Waals surface area contributed by atoms with Crippen LogP contribution >= 0.6 is 0 Å². The van der Waals surface area contributed by atoms with Crippen LogP contribution in [0.4, 0.5) is 0 Å². The van der Waals surface area contributed by atoms with Crippen LogP contribution in [0.25, 0.3) is 0 Å². The van der Waals surface area contributed by atoms with Gasteiger partial charge in [-0.1, -0.05) is 12.2 Å². The number of hydrogen-bond acceptors (Lipinski definition) is 5.